The largest absolute Gasteiger partial charge is 0.506 e. The SMILES string of the molecule is COc1cccc(C(=O)N/N=C/c2cc(Br)c(O)c(Br)c2)c1. The van der Waals surface area contributed by atoms with E-state index in [9.17, 15) is 9.90 Å². The van der Waals surface area contributed by atoms with Gasteiger partial charge in [0.1, 0.15) is 11.5 Å². The van der Waals surface area contributed by atoms with Crippen LogP contribution in [0.2, 0.25) is 0 Å². The maximum Gasteiger partial charge on any atom is 0.271 e. The van der Waals surface area contributed by atoms with Crippen molar-refractivity contribution >= 4 is 44.0 Å². The molecule has 0 saturated carbocycles. The molecule has 1 amide bonds. The number of halogens is 2. The molecule has 0 radical (unpaired) electrons. The third-order valence-electron chi connectivity index (χ3n) is 2.75. The minimum atomic E-state index is -0.341. The fourth-order valence-corrected chi connectivity index (χ4v) is 2.88. The Kier molecular flexibility index (Phi) is 5.57. The number of nitrogens with zero attached hydrogens (tertiary/aromatic N) is 1. The summed E-state index contributed by atoms with van der Waals surface area (Å²) in [5.74, 6) is 0.368. The summed E-state index contributed by atoms with van der Waals surface area (Å²) in [6, 6.07) is 10.1. The van der Waals surface area contributed by atoms with Gasteiger partial charge in [-0.1, -0.05) is 6.07 Å². The molecule has 5 nitrogen and oxygen atoms in total. The minimum absolute atomic E-state index is 0.109. The molecule has 114 valence electrons. The summed E-state index contributed by atoms with van der Waals surface area (Å²) in [6.07, 6.45) is 1.48. The second-order valence-corrected chi connectivity index (χ2v) is 5.97. The molecule has 0 bridgehead atoms. The van der Waals surface area contributed by atoms with Crippen molar-refractivity contribution in [1.82, 2.24) is 5.43 Å². The fourth-order valence-electron chi connectivity index (χ4n) is 1.65. The molecule has 2 N–H and O–H groups in total. The van der Waals surface area contributed by atoms with Crippen LogP contribution in [0.4, 0.5) is 0 Å². The molecule has 2 aromatic rings. The first-order valence-electron chi connectivity index (χ1n) is 6.16. The number of hydrogen-bond acceptors (Lipinski definition) is 4. The summed E-state index contributed by atoms with van der Waals surface area (Å²) < 4.78 is 6.12. The van der Waals surface area contributed by atoms with Crippen LogP contribution in [-0.4, -0.2) is 24.3 Å². The van der Waals surface area contributed by atoms with E-state index in [1.807, 2.05) is 0 Å². The van der Waals surface area contributed by atoms with Crippen LogP contribution in [-0.2, 0) is 0 Å². The van der Waals surface area contributed by atoms with Crippen LogP contribution in [0.15, 0.2) is 50.4 Å². The number of carbonyl (C=O) groups excluding carboxylic acids is 1. The molecule has 0 fully saturated rings. The monoisotopic (exact) mass is 426 g/mol. The summed E-state index contributed by atoms with van der Waals surface area (Å²) in [7, 11) is 1.54. The molecule has 0 saturated heterocycles. The lowest BCUT2D eigenvalue weighted by atomic mass is 10.2. The third kappa shape index (κ3) is 4.08. The number of nitrogens with one attached hydrogen (secondary N) is 1. The van der Waals surface area contributed by atoms with Gasteiger partial charge in [0.25, 0.3) is 5.91 Å². The molecule has 22 heavy (non-hydrogen) atoms. The van der Waals surface area contributed by atoms with E-state index in [1.54, 1.807) is 36.4 Å². The molecule has 0 heterocycles. The highest BCUT2D eigenvalue weighted by Gasteiger charge is 2.06. The van der Waals surface area contributed by atoms with Gasteiger partial charge >= 0.3 is 0 Å². The maximum atomic E-state index is 12.0. The van der Waals surface area contributed by atoms with Crippen LogP contribution in [0.1, 0.15) is 15.9 Å². The number of hydrazone groups is 1. The van der Waals surface area contributed by atoms with E-state index in [0.29, 0.717) is 25.8 Å². The van der Waals surface area contributed by atoms with Gasteiger partial charge in [-0.05, 0) is 67.8 Å². The van der Waals surface area contributed by atoms with E-state index in [4.69, 9.17) is 4.74 Å². The van der Waals surface area contributed by atoms with E-state index in [2.05, 4.69) is 42.4 Å². The Morgan fingerprint density at radius 1 is 1.27 bits per heavy atom. The molecule has 0 aliphatic heterocycles. The lowest BCUT2D eigenvalue weighted by Crippen LogP contribution is -2.17. The first-order valence-corrected chi connectivity index (χ1v) is 7.75. The summed E-state index contributed by atoms with van der Waals surface area (Å²) in [5.41, 5.74) is 3.59. The average molecular weight is 428 g/mol. The van der Waals surface area contributed by atoms with Crippen molar-refractivity contribution < 1.29 is 14.6 Å². The van der Waals surface area contributed by atoms with E-state index < -0.39 is 0 Å². The first kappa shape index (κ1) is 16.5. The summed E-state index contributed by atoms with van der Waals surface area (Å²) in [5, 5.41) is 13.5. The van der Waals surface area contributed by atoms with Crippen molar-refractivity contribution in [2.24, 2.45) is 5.10 Å². The lowest BCUT2D eigenvalue weighted by Gasteiger charge is -2.04. The van der Waals surface area contributed by atoms with E-state index in [0.717, 1.165) is 0 Å². The highest BCUT2D eigenvalue weighted by Crippen LogP contribution is 2.32. The normalized spacial score (nSPS) is 10.7. The number of carbonyl (C=O) groups is 1. The van der Waals surface area contributed by atoms with Crippen molar-refractivity contribution in [3.05, 3.63) is 56.5 Å². The summed E-state index contributed by atoms with van der Waals surface area (Å²) in [4.78, 5) is 12.0. The van der Waals surface area contributed by atoms with Crippen molar-refractivity contribution in [3.8, 4) is 11.5 Å². The zero-order chi connectivity index (χ0) is 16.1. The second-order valence-electron chi connectivity index (χ2n) is 4.26. The Hall–Kier alpha value is -1.86. The molecule has 2 rings (SSSR count). The van der Waals surface area contributed by atoms with Gasteiger partial charge in [-0.25, -0.2) is 5.43 Å². The topological polar surface area (TPSA) is 70.9 Å². The molecule has 0 aliphatic carbocycles. The maximum absolute atomic E-state index is 12.0. The highest BCUT2D eigenvalue weighted by molar-refractivity contribution is 9.11. The Labute approximate surface area is 144 Å². The van der Waals surface area contributed by atoms with Gasteiger partial charge in [0, 0.05) is 5.56 Å². The quantitative estimate of drug-likeness (QED) is 0.577. The van der Waals surface area contributed by atoms with Gasteiger partial charge in [-0.3, -0.25) is 4.79 Å². The van der Waals surface area contributed by atoms with Crippen LogP contribution < -0.4 is 10.2 Å². The van der Waals surface area contributed by atoms with Crippen LogP contribution in [0, 0.1) is 0 Å². The number of rotatable bonds is 4. The van der Waals surface area contributed by atoms with E-state index in [1.165, 1.54) is 13.3 Å². The molecular weight excluding hydrogens is 416 g/mol. The fraction of sp³-hybridized carbons (Fsp3) is 0.0667. The van der Waals surface area contributed by atoms with Crippen molar-refractivity contribution in [1.29, 1.82) is 0 Å². The van der Waals surface area contributed by atoms with Crippen LogP contribution in [0.3, 0.4) is 0 Å². The molecule has 0 spiro atoms. The molecule has 7 heteroatoms. The van der Waals surface area contributed by atoms with E-state index >= 15 is 0 Å². The predicted octanol–water partition coefficient (Wildman–Crippen LogP) is 3.69. The van der Waals surface area contributed by atoms with Gasteiger partial charge in [0.15, 0.2) is 0 Å². The molecule has 0 unspecified atom stereocenters. The second kappa shape index (κ2) is 7.42. The van der Waals surface area contributed by atoms with E-state index in [-0.39, 0.29) is 11.7 Å². The Morgan fingerprint density at radius 3 is 2.59 bits per heavy atom. The molecule has 0 aliphatic rings. The van der Waals surface area contributed by atoms with Gasteiger partial charge in [0.05, 0.1) is 22.3 Å². The third-order valence-corrected chi connectivity index (χ3v) is 3.96. The van der Waals surface area contributed by atoms with Gasteiger partial charge < -0.3 is 9.84 Å². The Morgan fingerprint density at radius 2 is 1.95 bits per heavy atom. The number of aromatic hydroxyl groups is 1. The van der Waals surface area contributed by atoms with Gasteiger partial charge in [-0.15, -0.1) is 0 Å². The molecule has 0 atom stereocenters. The Balaban J connectivity index is 2.07. The van der Waals surface area contributed by atoms with Crippen molar-refractivity contribution in [2.45, 2.75) is 0 Å². The zero-order valence-electron chi connectivity index (χ0n) is 11.5. The zero-order valence-corrected chi connectivity index (χ0v) is 14.7. The van der Waals surface area contributed by atoms with Crippen LogP contribution >= 0.6 is 31.9 Å². The van der Waals surface area contributed by atoms with Crippen LogP contribution in [0.25, 0.3) is 0 Å². The number of ether oxygens (including phenoxy) is 1. The number of phenolic OH excluding ortho intramolecular Hbond substituents is 1. The number of phenols is 1. The van der Waals surface area contributed by atoms with Crippen molar-refractivity contribution in [2.75, 3.05) is 7.11 Å². The average Bonchev–Trinajstić information content (AvgIpc) is 2.52. The van der Waals surface area contributed by atoms with Crippen molar-refractivity contribution in [3.63, 3.8) is 0 Å². The number of hydrogen-bond donors (Lipinski definition) is 2. The first-order chi connectivity index (χ1) is 10.5. The molecule has 0 aromatic heterocycles. The summed E-state index contributed by atoms with van der Waals surface area (Å²) >= 11 is 6.45. The minimum Gasteiger partial charge on any atom is -0.506 e. The molecule has 2 aromatic carbocycles. The van der Waals surface area contributed by atoms with Gasteiger partial charge in [-0.2, -0.15) is 5.10 Å². The highest BCUT2D eigenvalue weighted by atomic mass is 79.9. The predicted molar refractivity (Wildman–Crippen MR) is 91.6 cm³/mol. The smallest absolute Gasteiger partial charge is 0.271 e. The number of benzene rings is 2. The number of amides is 1. The van der Waals surface area contributed by atoms with Gasteiger partial charge in [0.2, 0.25) is 0 Å². The lowest BCUT2D eigenvalue weighted by molar-refractivity contribution is 0.0955. The summed E-state index contributed by atoms with van der Waals surface area (Å²) in [6.45, 7) is 0. The standard InChI is InChI=1S/C15H12Br2N2O3/c1-22-11-4-2-3-10(7-11)15(21)19-18-8-9-5-12(16)14(20)13(17)6-9/h2-8,20H,1H3,(H,19,21)/b18-8+. The van der Waals surface area contributed by atoms with Crippen LogP contribution in [0.5, 0.6) is 11.5 Å². The Bertz CT molecular complexity index is 709. The number of methoxy groups -OCH3 is 1. The molecular formula is C15H12Br2N2O3.